The fraction of sp³-hybridized carbons (Fsp3) is 0.567. The van der Waals surface area contributed by atoms with E-state index in [-0.39, 0.29) is 5.91 Å². The molecule has 1 aliphatic carbocycles. The number of carbonyl (C=O) groups is 1. The number of carbonyl (C=O) groups excluding carboxylic acids is 1. The van der Waals surface area contributed by atoms with E-state index in [4.69, 9.17) is 5.11 Å². The maximum absolute atomic E-state index is 13.7. The second-order valence-corrected chi connectivity index (χ2v) is 17.9. The van der Waals surface area contributed by atoms with Crippen LogP contribution in [-0.4, -0.2) is 63.6 Å². The lowest BCUT2D eigenvalue weighted by Crippen LogP contribution is -2.51. The second-order valence-electron chi connectivity index (χ2n) is 13.5. The molecular formula is C30H42N4O6S2. The molecule has 2 heterocycles. The summed E-state index contributed by atoms with van der Waals surface area (Å²) in [4.78, 5) is 15.9. The van der Waals surface area contributed by atoms with Gasteiger partial charge in [-0.15, -0.1) is 0 Å². The Balaban J connectivity index is 1.46. The Bertz CT molecular complexity index is 1600. The molecule has 1 saturated heterocycles. The van der Waals surface area contributed by atoms with Crippen molar-refractivity contribution < 1.29 is 26.7 Å². The van der Waals surface area contributed by atoms with Crippen molar-refractivity contribution in [3.63, 3.8) is 0 Å². The first kappa shape index (κ1) is 30.6. The van der Waals surface area contributed by atoms with Crippen LogP contribution in [0, 0.1) is 5.41 Å². The summed E-state index contributed by atoms with van der Waals surface area (Å²) in [6, 6.07) is 10.2. The number of piperidine rings is 1. The Labute approximate surface area is 249 Å². The molecule has 10 nitrogen and oxygen atoms in total. The number of fused-ring (bicyclic) bond motifs is 1. The van der Waals surface area contributed by atoms with Gasteiger partial charge in [0.05, 0.1) is 45.3 Å². The molecule has 12 heteroatoms. The zero-order chi connectivity index (χ0) is 30.7. The summed E-state index contributed by atoms with van der Waals surface area (Å²) in [5, 5.41) is 12.1. The van der Waals surface area contributed by atoms with Crippen LogP contribution >= 0.6 is 0 Å². The summed E-state index contributed by atoms with van der Waals surface area (Å²) in [5.74, 6) is -0.794. The first-order valence-electron chi connectivity index (χ1n) is 14.5. The number of amides is 1. The number of anilines is 4. The number of nitrogens with one attached hydrogen (secondary N) is 2. The molecule has 3 aliphatic rings. The van der Waals surface area contributed by atoms with Crippen molar-refractivity contribution in [2.75, 3.05) is 44.7 Å². The second kappa shape index (κ2) is 10.4. The van der Waals surface area contributed by atoms with E-state index in [1.165, 1.54) is 17.1 Å². The van der Waals surface area contributed by atoms with Gasteiger partial charge in [0, 0.05) is 18.8 Å². The van der Waals surface area contributed by atoms with Crippen LogP contribution in [0.4, 0.5) is 22.7 Å². The van der Waals surface area contributed by atoms with E-state index in [1.807, 2.05) is 19.9 Å². The molecule has 2 aromatic carbocycles. The fourth-order valence-electron chi connectivity index (χ4n) is 6.07. The maximum Gasteiger partial charge on any atom is 0.257 e. The van der Waals surface area contributed by atoms with Crippen LogP contribution in [0.15, 0.2) is 36.4 Å². The average molecular weight is 619 g/mol. The van der Waals surface area contributed by atoms with E-state index in [0.717, 1.165) is 31.5 Å². The minimum Gasteiger partial charge on any atom is -0.395 e. The molecule has 0 unspecified atom stereocenters. The summed E-state index contributed by atoms with van der Waals surface area (Å²) in [5.41, 5.74) is 3.04. The molecule has 2 fully saturated rings. The molecule has 42 heavy (non-hydrogen) atoms. The molecule has 2 aliphatic heterocycles. The van der Waals surface area contributed by atoms with Gasteiger partial charge in [-0.25, -0.2) is 16.8 Å². The van der Waals surface area contributed by atoms with Gasteiger partial charge in [-0.1, -0.05) is 6.07 Å². The third kappa shape index (κ3) is 5.85. The van der Waals surface area contributed by atoms with Crippen molar-refractivity contribution in [3.8, 4) is 0 Å². The molecule has 0 aromatic heterocycles. The molecule has 2 aromatic rings. The van der Waals surface area contributed by atoms with Crippen LogP contribution in [-0.2, 0) is 26.5 Å². The van der Waals surface area contributed by atoms with Crippen LogP contribution in [0.5, 0.6) is 0 Å². The number of rotatable bonds is 8. The minimum absolute atomic E-state index is 0.324. The Morgan fingerprint density at radius 2 is 1.55 bits per heavy atom. The summed E-state index contributed by atoms with van der Waals surface area (Å²) < 4.78 is 54.8. The summed E-state index contributed by atoms with van der Waals surface area (Å²) in [6.07, 6.45) is 5.05. The number of aliphatic hydroxyl groups is 1. The van der Waals surface area contributed by atoms with Gasteiger partial charge in [-0.05, 0) is 108 Å². The molecule has 230 valence electrons. The molecule has 5 rings (SSSR count). The standard InChI is InChI=1S/C30H42N4O6S2/c1-28(2,3)42(39,40)34-25-18-22(7-6-21(25)20-29(34,4)5)31-27(36)24-9-8-23(32-41(37,38)17-16-35)19-26(24)33-14-12-30(10-11-30)13-15-33/h6-9,18-19,32,35H,10-17,20H2,1-5H3,(H,31,36). The predicted octanol–water partition coefficient (Wildman–Crippen LogP) is 4.32. The number of hydrogen-bond donors (Lipinski definition) is 3. The first-order valence-corrected chi connectivity index (χ1v) is 17.6. The number of nitrogens with zero attached hydrogens (tertiary/aromatic N) is 2. The van der Waals surface area contributed by atoms with Gasteiger partial charge in [0.1, 0.15) is 0 Å². The molecule has 1 amide bonds. The van der Waals surface area contributed by atoms with E-state index in [1.54, 1.807) is 51.1 Å². The van der Waals surface area contributed by atoms with Crippen LogP contribution in [0.1, 0.15) is 76.2 Å². The summed E-state index contributed by atoms with van der Waals surface area (Å²) in [6.45, 7) is 9.89. The Morgan fingerprint density at radius 1 is 0.929 bits per heavy atom. The first-order chi connectivity index (χ1) is 19.5. The van der Waals surface area contributed by atoms with Gasteiger partial charge in [0.2, 0.25) is 20.0 Å². The van der Waals surface area contributed by atoms with Gasteiger partial charge < -0.3 is 15.3 Å². The highest BCUT2D eigenvalue weighted by Crippen LogP contribution is 2.54. The van der Waals surface area contributed by atoms with Crippen molar-refractivity contribution in [1.82, 2.24) is 0 Å². The third-order valence-corrected chi connectivity index (χ3v) is 12.7. The van der Waals surface area contributed by atoms with Gasteiger partial charge in [0.15, 0.2) is 0 Å². The van der Waals surface area contributed by atoms with E-state index in [9.17, 15) is 21.6 Å². The number of benzene rings is 2. The SMILES string of the molecule is CC1(C)Cc2ccc(NC(=O)c3ccc(NS(=O)(=O)CCO)cc3N3CCC4(CC3)CC4)cc2N1S(=O)(=O)C(C)(C)C. The molecule has 3 N–H and O–H groups in total. The quantitative estimate of drug-likeness (QED) is 0.401. The Morgan fingerprint density at radius 3 is 2.14 bits per heavy atom. The van der Waals surface area contributed by atoms with Crippen molar-refractivity contribution in [2.24, 2.45) is 5.41 Å². The highest BCUT2D eigenvalue weighted by atomic mass is 32.2. The number of aliphatic hydroxyl groups excluding tert-OH is 1. The zero-order valence-corrected chi connectivity index (χ0v) is 26.7. The number of sulfonamides is 2. The molecule has 0 radical (unpaired) electrons. The lowest BCUT2D eigenvalue weighted by molar-refractivity contribution is 0.102. The highest BCUT2D eigenvalue weighted by Gasteiger charge is 2.48. The van der Waals surface area contributed by atoms with Crippen molar-refractivity contribution in [1.29, 1.82) is 0 Å². The van der Waals surface area contributed by atoms with Crippen LogP contribution in [0.2, 0.25) is 0 Å². The van der Waals surface area contributed by atoms with Gasteiger partial charge in [-0.2, -0.15) is 0 Å². The monoisotopic (exact) mass is 618 g/mol. The van der Waals surface area contributed by atoms with Gasteiger partial charge in [-0.3, -0.25) is 13.8 Å². The van der Waals surface area contributed by atoms with E-state index in [2.05, 4.69) is 14.9 Å². The van der Waals surface area contributed by atoms with Crippen molar-refractivity contribution >= 4 is 48.7 Å². The lowest BCUT2D eigenvalue weighted by atomic mass is 9.93. The Hall–Kier alpha value is -2.83. The van der Waals surface area contributed by atoms with Gasteiger partial charge >= 0.3 is 0 Å². The summed E-state index contributed by atoms with van der Waals surface area (Å²) >= 11 is 0. The van der Waals surface area contributed by atoms with E-state index < -0.39 is 42.7 Å². The Kier molecular flexibility index (Phi) is 7.59. The molecular weight excluding hydrogens is 576 g/mol. The molecule has 0 bridgehead atoms. The average Bonchev–Trinajstić information content (AvgIpc) is 3.56. The smallest absolute Gasteiger partial charge is 0.257 e. The van der Waals surface area contributed by atoms with E-state index >= 15 is 0 Å². The fourth-order valence-corrected chi connectivity index (χ4v) is 8.59. The number of hydrogen-bond acceptors (Lipinski definition) is 7. The minimum atomic E-state index is -3.74. The zero-order valence-electron chi connectivity index (χ0n) is 25.0. The van der Waals surface area contributed by atoms with Crippen molar-refractivity contribution in [2.45, 2.75) is 77.0 Å². The van der Waals surface area contributed by atoms with E-state index in [0.29, 0.717) is 40.1 Å². The largest absolute Gasteiger partial charge is 0.395 e. The molecule has 0 atom stereocenters. The third-order valence-electron chi connectivity index (χ3n) is 8.75. The van der Waals surface area contributed by atoms with Crippen molar-refractivity contribution in [3.05, 3.63) is 47.5 Å². The van der Waals surface area contributed by atoms with Crippen LogP contribution < -0.4 is 19.2 Å². The van der Waals surface area contributed by atoms with Gasteiger partial charge in [0.25, 0.3) is 5.91 Å². The lowest BCUT2D eigenvalue weighted by Gasteiger charge is -2.38. The van der Waals surface area contributed by atoms with Crippen LogP contribution in [0.25, 0.3) is 0 Å². The highest BCUT2D eigenvalue weighted by molar-refractivity contribution is 7.94. The topological polar surface area (TPSA) is 136 Å². The predicted molar refractivity (Wildman–Crippen MR) is 167 cm³/mol. The molecule has 1 spiro atoms. The maximum atomic E-state index is 13.7. The normalized spacial score (nSPS) is 19.5. The molecule has 1 saturated carbocycles. The van der Waals surface area contributed by atoms with Crippen LogP contribution in [0.3, 0.4) is 0 Å². The summed E-state index contributed by atoms with van der Waals surface area (Å²) in [7, 11) is -7.44.